The molecule has 5 aromatic carbocycles. The van der Waals surface area contributed by atoms with E-state index < -0.39 is 61.9 Å². The summed E-state index contributed by atoms with van der Waals surface area (Å²) in [4.78, 5) is -2.48. The summed E-state index contributed by atoms with van der Waals surface area (Å²) in [5, 5.41) is 26.5. The highest BCUT2D eigenvalue weighted by atomic mass is 32.2. The van der Waals surface area contributed by atoms with Gasteiger partial charge in [0.2, 0.25) is 0 Å². The van der Waals surface area contributed by atoms with Gasteiger partial charge >= 0.3 is 0 Å². The van der Waals surface area contributed by atoms with Gasteiger partial charge in [-0.15, -0.1) is 10.2 Å². The van der Waals surface area contributed by atoms with Crippen molar-refractivity contribution in [1.29, 1.82) is 5.26 Å². The third kappa shape index (κ3) is 6.97. The van der Waals surface area contributed by atoms with Crippen molar-refractivity contribution >= 4 is 80.3 Å². The summed E-state index contributed by atoms with van der Waals surface area (Å²) in [6.45, 7) is 0. The van der Waals surface area contributed by atoms with Crippen LogP contribution in [0.3, 0.4) is 0 Å². The van der Waals surface area contributed by atoms with E-state index in [9.17, 15) is 44.0 Å². The van der Waals surface area contributed by atoms with E-state index >= 15 is 0 Å². The molecule has 0 aliphatic carbocycles. The Labute approximate surface area is 261 Å². The molecular formula is C27H22N6O10S3. The normalized spacial score (nSPS) is 12.1. The molecule has 0 fully saturated rings. The minimum absolute atomic E-state index is 0.0486. The highest BCUT2D eigenvalue weighted by molar-refractivity contribution is 7.87. The molecule has 5 aromatic rings. The second-order valence-corrected chi connectivity index (χ2v) is 13.6. The number of phenolic OH excluding ortho intramolecular Hbond substituents is 1. The van der Waals surface area contributed by atoms with Crippen molar-refractivity contribution in [1.82, 2.24) is 0 Å². The van der Waals surface area contributed by atoms with E-state index in [0.717, 1.165) is 24.3 Å². The highest BCUT2D eigenvalue weighted by Crippen LogP contribution is 2.44. The summed E-state index contributed by atoms with van der Waals surface area (Å²) in [6.07, 6.45) is 0. The molecule has 16 nitrogen and oxygen atoms in total. The number of aromatic hydroxyl groups is 1. The van der Waals surface area contributed by atoms with Crippen molar-refractivity contribution in [3.63, 3.8) is 0 Å². The van der Waals surface area contributed by atoms with E-state index in [2.05, 4.69) is 10.2 Å². The molecule has 238 valence electrons. The Hall–Kier alpha value is -5.36. The molecule has 5 rings (SSSR count). The summed E-state index contributed by atoms with van der Waals surface area (Å²) < 4.78 is 98.6. The summed E-state index contributed by atoms with van der Waals surface area (Å²) in [7, 11) is -14.7. The van der Waals surface area contributed by atoms with Crippen LogP contribution in [0.15, 0.2) is 97.7 Å². The van der Waals surface area contributed by atoms with Gasteiger partial charge in [-0.05, 0) is 60.7 Å². The van der Waals surface area contributed by atoms with E-state index in [1.54, 1.807) is 24.3 Å². The highest BCUT2D eigenvalue weighted by Gasteiger charge is 2.26. The Morgan fingerprint density at radius 3 is 1.76 bits per heavy atom. The maximum Gasteiger partial charge on any atom is 0.296 e. The Morgan fingerprint density at radius 1 is 0.630 bits per heavy atom. The van der Waals surface area contributed by atoms with Gasteiger partial charge < -0.3 is 22.3 Å². The minimum Gasteiger partial charge on any atom is -0.505 e. The second kappa shape index (κ2) is 12.2. The van der Waals surface area contributed by atoms with Crippen LogP contribution in [-0.2, 0) is 30.4 Å². The van der Waals surface area contributed by atoms with E-state index in [1.807, 2.05) is 6.07 Å². The molecule has 0 radical (unpaired) electrons. The van der Waals surface area contributed by atoms with Crippen molar-refractivity contribution in [3.05, 3.63) is 78.4 Å². The Balaban J connectivity index is 0.000000459. The smallest absolute Gasteiger partial charge is 0.296 e. The van der Waals surface area contributed by atoms with Crippen molar-refractivity contribution in [2.75, 3.05) is 17.2 Å². The van der Waals surface area contributed by atoms with Crippen molar-refractivity contribution in [2.24, 2.45) is 10.2 Å². The zero-order valence-corrected chi connectivity index (χ0v) is 25.4. The minimum atomic E-state index is -5.08. The van der Waals surface area contributed by atoms with Crippen LogP contribution in [0.4, 0.5) is 28.4 Å². The molecule has 0 spiro atoms. The fourth-order valence-electron chi connectivity index (χ4n) is 4.21. The molecule has 0 bridgehead atoms. The van der Waals surface area contributed by atoms with Gasteiger partial charge in [0.15, 0.2) is 5.75 Å². The van der Waals surface area contributed by atoms with Gasteiger partial charge in [-0.2, -0.15) is 30.5 Å². The van der Waals surface area contributed by atoms with Gasteiger partial charge in [0.1, 0.15) is 15.5 Å². The third-order valence-corrected chi connectivity index (χ3v) is 9.01. The summed E-state index contributed by atoms with van der Waals surface area (Å²) in [6, 6.07) is 17.8. The van der Waals surface area contributed by atoms with Crippen LogP contribution >= 0.6 is 0 Å². The SMILES string of the molecule is N#Cc1ccc(N)cc1.Nc1ccc(N=Nc2ccc3c(S(=O)(=O)O)cc(S(=O)(=O)O)c(N)c3c2O)c2cc(S(=O)(=O)O)ccc12. The Kier molecular flexibility index (Phi) is 8.90. The number of nitriles is 1. The molecule has 19 heteroatoms. The maximum atomic E-state index is 11.8. The summed E-state index contributed by atoms with van der Waals surface area (Å²) >= 11 is 0. The van der Waals surface area contributed by atoms with Crippen LogP contribution < -0.4 is 17.2 Å². The van der Waals surface area contributed by atoms with Crippen molar-refractivity contribution in [3.8, 4) is 11.8 Å². The molecule has 0 saturated carbocycles. The lowest BCUT2D eigenvalue weighted by Gasteiger charge is -2.13. The lowest BCUT2D eigenvalue weighted by Crippen LogP contribution is -2.08. The first-order chi connectivity index (χ1) is 21.3. The predicted octanol–water partition coefficient (Wildman–Crippen LogP) is 4.16. The Bertz CT molecular complexity index is 2440. The standard InChI is InChI=1S/C20H16N4O10S3.C7H6N2/c21-13-4-6-14(12-7-9(35(26,27)28)1-2-10(12)13)23-24-15-5-3-11-16(36(29,30)31)8-17(37(32,33)34)19(22)18(11)20(15)25;8-5-6-1-3-7(9)4-2-6/h1-8,25H,21-22H2,(H,26,27,28)(H,29,30,31)(H,32,33,34);1-4H,9H2. The van der Waals surface area contributed by atoms with E-state index in [1.165, 1.54) is 18.2 Å². The topological polar surface area (TPSA) is 310 Å². The maximum absolute atomic E-state index is 11.8. The number of hydrogen-bond acceptors (Lipinski definition) is 13. The van der Waals surface area contributed by atoms with E-state index in [4.69, 9.17) is 22.5 Å². The number of nitrogens with two attached hydrogens (primary N) is 3. The van der Waals surface area contributed by atoms with Gasteiger partial charge in [-0.1, -0.05) is 12.1 Å². The molecule has 0 aliphatic rings. The zero-order chi connectivity index (χ0) is 34.2. The average Bonchev–Trinajstić information content (AvgIpc) is 2.96. The molecule has 0 heterocycles. The van der Waals surface area contributed by atoms with Gasteiger partial charge in [0, 0.05) is 27.5 Å². The fourth-order valence-corrected chi connectivity index (χ4v) is 6.15. The molecule has 10 N–H and O–H groups in total. The number of nitrogen functional groups attached to an aromatic ring is 3. The molecule has 0 amide bonds. The van der Waals surface area contributed by atoms with Crippen LogP contribution in [0.5, 0.6) is 5.75 Å². The molecule has 0 saturated heterocycles. The van der Waals surface area contributed by atoms with Crippen LogP contribution in [0.1, 0.15) is 5.56 Å². The third-order valence-electron chi connectivity index (χ3n) is 6.38. The monoisotopic (exact) mass is 686 g/mol. The second-order valence-electron chi connectivity index (χ2n) is 9.38. The first-order valence-electron chi connectivity index (χ1n) is 12.3. The quantitative estimate of drug-likeness (QED) is 0.0776. The number of anilines is 3. The lowest BCUT2D eigenvalue weighted by atomic mass is 10.1. The van der Waals surface area contributed by atoms with Gasteiger partial charge in [0.05, 0.1) is 33.3 Å². The lowest BCUT2D eigenvalue weighted by molar-refractivity contribution is 0.478. The molecular weight excluding hydrogens is 665 g/mol. The number of azo groups is 1. The van der Waals surface area contributed by atoms with Crippen LogP contribution in [0, 0.1) is 11.3 Å². The van der Waals surface area contributed by atoms with E-state index in [-0.39, 0.29) is 27.8 Å². The molecule has 0 unspecified atom stereocenters. The number of fused-ring (bicyclic) bond motifs is 2. The number of nitrogens with zero attached hydrogens (tertiary/aromatic N) is 3. The molecule has 0 atom stereocenters. The number of phenols is 1. The summed E-state index contributed by atoms with van der Waals surface area (Å²) in [5.41, 5.74) is 17.7. The predicted molar refractivity (Wildman–Crippen MR) is 168 cm³/mol. The van der Waals surface area contributed by atoms with Crippen LogP contribution in [0.25, 0.3) is 21.5 Å². The van der Waals surface area contributed by atoms with Gasteiger partial charge in [0.25, 0.3) is 30.4 Å². The molecule has 0 aromatic heterocycles. The average molecular weight is 687 g/mol. The first-order valence-corrected chi connectivity index (χ1v) is 16.6. The fraction of sp³-hybridized carbons (Fsp3) is 0. The summed E-state index contributed by atoms with van der Waals surface area (Å²) in [5.74, 6) is -0.840. The number of rotatable bonds is 5. The first kappa shape index (κ1) is 33.5. The zero-order valence-electron chi connectivity index (χ0n) is 23.0. The van der Waals surface area contributed by atoms with Gasteiger partial charge in [-0.3, -0.25) is 13.7 Å². The number of benzene rings is 5. The largest absolute Gasteiger partial charge is 0.505 e. The number of hydrogen-bond donors (Lipinski definition) is 7. The van der Waals surface area contributed by atoms with Crippen LogP contribution in [-0.4, -0.2) is 44.0 Å². The van der Waals surface area contributed by atoms with Crippen molar-refractivity contribution < 1.29 is 44.0 Å². The van der Waals surface area contributed by atoms with E-state index in [0.29, 0.717) is 22.7 Å². The molecule has 0 aliphatic heterocycles. The molecule has 46 heavy (non-hydrogen) atoms. The van der Waals surface area contributed by atoms with Crippen LogP contribution in [0.2, 0.25) is 0 Å². The van der Waals surface area contributed by atoms with Crippen molar-refractivity contribution in [2.45, 2.75) is 14.7 Å². The van der Waals surface area contributed by atoms with Gasteiger partial charge in [-0.25, -0.2) is 0 Å². The Morgan fingerprint density at radius 2 is 1.20 bits per heavy atom.